The van der Waals surface area contributed by atoms with E-state index in [1.165, 1.54) is 0 Å². The number of hydrogen-bond acceptors (Lipinski definition) is 5. The van der Waals surface area contributed by atoms with E-state index in [1.807, 2.05) is 10.9 Å². The molecule has 2 saturated heterocycles. The Labute approximate surface area is 113 Å². The largest absolute Gasteiger partial charge is 0.396 e. The number of ether oxygens (including phenoxy) is 1. The van der Waals surface area contributed by atoms with Crippen LogP contribution in [0.25, 0.3) is 0 Å². The van der Waals surface area contributed by atoms with Gasteiger partial charge in [0.25, 0.3) is 0 Å². The van der Waals surface area contributed by atoms with Crippen LogP contribution < -0.4 is 5.32 Å². The summed E-state index contributed by atoms with van der Waals surface area (Å²) in [7, 11) is 0. The van der Waals surface area contributed by atoms with Crippen LogP contribution in [-0.4, -0.2) is 52.0 Å². The molecule has 2 fully saturated rings. The van der Waals surface area contributed by atoms with Crippen LogP contribution in [-0.2, 0) is 11.2 Å². The van der Waals surface area contributed by atoms with Crippen molar-refractivity contribution in [2.75, 3.05) is 26.3 Å². The third kappa shape index (κ3) is 2.80. The van der Waals surface area contributed by atoms with Crippen molar-refractivity contribution in [3.05, 3.63) is 11.9 Å². The molecule has 6 nitrogen and oxygen atoms in total. The summed E-state index contributed by atoms with van der Waals surface area (Å²) in [5, 5.41) is 20.7. The lowest BCUT2D eigenvalue weighted by atomic mass is 9.83. The molecule has 1 unspecified atom stereocenters. The molecule has 2 N–H and O–H groups in total. The van der Waals surface area contributed by atoms with Crippen molar-refractivity contribution in [1.29, 1.82) is 0 Å². The summed E-state index contributed by atoms with van der Waals surface area (Å²) in [4.78, 5) is 0. The van der Waals surface area contributed by atoms with Crippen molar-refractivity contribution in [3.8, 4) is 0 Å². The summed E-state index contributed by atoms with van der Waals surface area (Å²) in [6.07, 6.45) is 6.75. The minimum absolute atomic E-state index is 0.0389. The average molecular weight is 266 g/mol. The van der Waals surface area contributed by atoms with Crippen LogP contribution >= 0.6 is 0 Å². The Morgan fingerprint density at radius 3 is 3.11 bits per heavy atom. The van der Waals surface area contributed by atoms with Gasteiger partial charge >= 0.3 is 0 Å². The molecule has 0 radical (unpaired) electrons. The zero-order valence-corrected chi connectivity index (χ0v) is 11.2. The fourth-order valence-corrected chi connectivity index (χ4v) is 3.18. The molecule has 6 heteroatoms. The standard InChI is InChI=1S/C13H22N4O2/c18-7-1-11-10-17(16-15-11)12-2-8-19-13(9-12)3-5-14-6-4-13/h10,12,14,18H,1-9H2. The van der Waals surface area contributed by atoms with Gasteiger partial charge < -0.3 is 15.2 Å². The first-order valence-corrected chi connectivity index (χ1v) is 7.18. The van der Waals surface area contributed by atoms with Crippen molar-refractivity contribution in [3.63, 3.8) is 0 Å². The Hall–Kier alpha value is -0.980. The minimum atomic E-state index is 0.0389. The van der Waals surface area contributed by atoms with Crippen molar-refractivity contribution >= 4 is 0 Å². The summed E-state index contributed by atoms with van der Waals surface area (Å²) < 4.78 is 8.04. The van der Waals surface area contributed by atoms with E-state index < -0.39 is 0 Å². The Morgan fingerprint density at radius 1 is 1.47 bits per heavy atom. The van der Waals surface area contributed by atoms with Crippen LogP contribution in [0.2, 0.25) is 0 Å². The summed E-state index contributed by atoms with van der Waals surface area (Å²) in [5.41, 5.74) is 0.908. The molecule has 1 aromatic rings. The van der Waals surface area contributed by atoms with Gasteiger partial charge in [-0.3, -0.25) is 0 Å². The fraction of sp³-hybridized carbons (Fsp3) is 0.846. The summed E-state index contributed by atoms with van der Waals surface area (Å²) in [6, 6.07) is 0.381. The molecular formula is C13H22N4O2. The number of piperidine rings is 1. The first-order chi connectivity index (χ1) is 9.31. The first kappa shape index (κ1) is 13.0. The van der Waals surface area contributed by atoms with Crippen LogP contribution in [0.15, 0.2) is 6.20 Å². The molecular weight excluding hydrogens is 244 g/mol. The summed E-state index contributed by atoms with van der Waals surface area (Å²) in [5.74, 6) is 0. The van der Waals surface area contributed by atoms with Crippen molar-refractivity contribution in [1.82, 2.24) is 20.3 Å². The SMILES string of the molecule is OCCc1cn(C2CCOC3(CCNCC3)C2)nn1. The predicted octanol–water partition coefficient (Wildman–Crippen LogP) is 0.287. The molecule has 0 aliphatic carbocycles. The minimum Gasteiger partial charge on any atom is -0.396 e. The predicted molar refractivity (Wildman–Crippen MR) is 69.9 cm³/mol. The van der Waals surface area contributed by atoms with Crippen LogP contribution in [0.4, 0.5) is 0 Å². The van der Waals surface area contributed by atoms with Crippen molar-refractivity contribution < 1.29 is 9.84 Å². The molecule has 2 aliphatic rings. The maximum atomic E-state index is 8.93. The highest BCUT2D eigenvalue weighted by atomic mass is 16.5. The number of hydrogen-bond donors (Lipinski definition) is 2. The average Bonchev–Trinajstić information content (AvgIpc) is 2.89. The lowest BCUT2D eigenvalue weighted by Gasteiger charge is -2.43. The molecule has 1 spiro atoms. The van der Waals surface area contributed by atoms with Gasteiger partial charge in [0.05, 0.1) is 17.3 Å². The van der Waals surface area contributed by atoms with Gasteiger partial charge in [0, 0.05) is 25.8 Å². The molecule has 3 heterocycles. The molecule has 1 aromatic heterocycles. The third-order valence-corrected chi connectivity index (χ3v) is 4.28. The van der Waals surface area contributed by atoms with Gasteiger partial charge in [-0.1, -0.05) is 5.21 Å². The second kappa shape index (κ2) is 5.56. The Kier molecular flexibility index (Phi) is 3.81. The molecule has 0 amide bonds. The highest BCUT2D eigenvalue weighted by Crippen LogP contribution is 2.37. The molecule has 1 atom stereocenters. The van der Waals surface area contributed by atoms with Gasteiger partial charge in [-0.2, -0.15) is 0 Å². The first-order valence-electron chi connectivity index (χ1n) is 7.18. The monoisotopic (exact) mass is 266 g/mol. The van der Waals surface area contributed by atoms with Gasteiger partial charge in [-0.25, -0.2) is 4.68 Å². The lowest BCUT2D eigenvalue weighted by Crippen LogP contribution is -2.48. The van der Waals surface area contributed by atoms with E-state index in [4.69, 9.17) is 9.84 Å². The van der Waals surface area contributed by atoms with Gasteiger partial charge in [-0.15, -0.1) is 5.10 Å². The second-order valence-corrected chi connectivity index (χ2v) is 5.59. The van der Waals surface area contributed by atoms with E-state index in [1.54, 1.807) is 0 Å². The molecule has 2 aliphatic heterocycles. The molecule has 0 saturated carbocycles. The molecule has 0 aromatic carbocycles. The summed E-state index contributed by atoms with van der Waals surface area (Å²) >= 11 is 0. The zero-order valence-electron chi connectivity index (χ0n) is 11.2. The number of nitrogens with one attached hydrogen (secondary N) is 1. The zero-order chi connectivity index (χ0) is 13.1. The molecule has 0 bridgehead atoms. The topological polar surface area (TPSA) is 72.2 Å². The molecule has 3 rings (SSSR count). The maximum absolute atomic E-state index is 8.93. The number of aromatic nitrogens is 3. The second-order valence-electron chi connectivity index (χ2n) is 5.59. The van der Waals surface area contributed by atoms with Gasteiger partial charge in [0.15, 0.2) is 0 Å². The van der Waals surface area contributed by atoms with E-state index in [-0.39, 0.29) is 12.2 Å². The fourth-order valence-electron chi connectivity index (χ4n) is 3.18. The number of nitrogens with zero attached hydrogens (tertiary/aromatic N) is 3. The van der Waals surface area contributed by atoms with E-state index in [9.17, 15) is 0 Å². The van der Waals surface area contributed by atoms with E-state index in [2.05, 4.69) is 15.6 Å². The van der Waals surface area contributed by atoms with Crippen LogP contribution in [0.1, 0.15) is 37.4 Å². The van der Waals surface area contributed by atoms with Gasteiger partial charge in [0.2, 0.25) is 0 Å². The van der Waals surface area contributed by atoms with Gasteiger partial charge in [-0.05, 0) is 38.8 Å². The highest BCUT2D eigenvalue weighted by molar-refractivity contribution is 4.97. The van der Waals surface area contributed by atoms with E-state index in [0.717, 1.165) is 51.1 Å². The van der Waals surface area contributed by atoms with Crippen molar-refractivity contribution in [2.45, 2.75) is 43.7 Å². The van der Waals surface area contributed by atoms with Gasteiger partial charge in [0.1, 0.15) is 0 Å². The Balaban J connectivity index is 1.69. The number of aliphatic hydroxyl groups excluding tert-OH is 1. The Morgan fingerprint density at radius 2 is 2.32 bits per heavy atom. The lowest BCUT2D eigenvalue weighted by molar-refractivity contribution is -0.112. The van der Waals surface area contributed by atoms with Crippen LogP contribution in [0.5, 0.6) is 0 Å². The Bertz CT molecular complexity index is 409. The smallest absolute Gasteiger partial charge is 0.0850 e. The van der Waals surface area contributed by atoms with E-state index >= 15 is 0 Å². The number of rotatable bonds is 3. The highest BCUT2D eigenvalue weighted by Gasteiger charge is 2.39. The number of aliphatic hydroxyl groups is 1. The molecule has 106 valence electrons. The molecule has 19 heavy (non-hydrogen) atoms. The summed E-state index contributed by atoms with van der Waals surface area (Å²) in [6.45, 7) is 3.02. The van der Waals surface area contributed by atoms with Crippen LogP contribution in [0, 0.1) is 0 Å². The maximum Gasteiger partial charge on any atom is 0.0850 e. The van der Waals surface area contributed by atoms with Crippen LogP contribution in [0.3, 0.4) is 0 Å². The van der Waals surface area contributed by atoms with E-state index in [0.29, 0.717) is 12.5 Å². The quantitative estimate of drug-likeness (QED) is 0.822. The normalized spacial score (nSPS) is 26.7. The third-order valence-electron chi connectivity index (χ3n) is 4.28. The van der Waals surface area contributed by atoms with Crippen molar-refractivity contribution in [2.24, 2.45) is 0 Å².